The molecular weight excluding hydrogens is 256 g/mol. The summed E-state index contributed by atoms with van der Waals surface area (Å²) in [4.78, 5) is 0. The number of aromatic hydroxyl groups is 1. The van der Waals surface area contributed by atoms with Crippen LogP contribution >= 0.6 is 15.9 Å². The van der Waals surface area contributed by atoms with E-state index in [1.807, 2.05) is 6.92 Å². The van der Waals surface area contributed by atoms with Gasteiger partial charge in [-0.2, -0.15) is 5.26 Å². The van der Waals surface area contributed by atoms with E-state index in [0.29, 0.717) is 16.5 Å². The molecule has 80 valence electrons. The van der Waals surface area contributed by atoms with Gasteiger partial charge in [0, 0.05) is 10.5 Å². The monoisotopic (exact) mass is 268 g/mol. The molecule has 0 bridgehead atoms. The summed E-state index contributed by atoms with van der Waals surface area (Å²) in [6.07, 6.45) is 1.43. The second-order valence-electron chi connectivity index (χ2n) is 3.45. The van der Waals surface area contributed by atoms with Gasteiger partial charge < -0.3 is 10.8 Å². The molecule has 0 heterocycles. The van der Waals surface area contributed by atoms with E-state index in [1.54, 1.807) is 6.07 Å². The van der Waals surface area contributed by atoms with E-state index < -0.39 is 0 Å². The zero-order valence-corrected chi connectivity index (χ0v) is 10.1. The van der Waals surface area contributed by atoms with Crippen LogP contribution in [0.5, 0.6) is 5.75 Å². The van der Waals surface area contributed by atoms with Crippen molar-refractivity contribution in [2.24, 2.45) is 5.73 Å². The van der Waals surface area contributed by atoms with Crippen molar-refractivity contribution in [3.8, 4) is 11.8 Å². The predicted molar refractivity (Wildman–Crippen MR) is 62.5 cm³/mol. The molecule has 0 fully saturated rings. The van der Waals surface area contributed by atoms with Crippen molar-refractivity contribution in [1.82, 2.24) is 0 Å². The number of phenolic OH excluding ortho intramolecular Hbond substituents is 1. The summed E-state index contributed by atoms with van der Waals surface area (Å²) in [5.41, 5.74) is 7.04. The van der Waals surface area contributed by atoms with Gasteiger partial charge in [0.15, 0.2) is 0 Å². The Morgan fingerprint density at radius 3 is 2.80 bits per heavy atom. The minimum absolute atomic E-state index is 0.0172. The third-order valence-electron chi connectivity index (χ3n) is 2.30. The minimum atomic E-state index is 0.0172. The molecule has 1 rings (SSSR count). The first-order valence-electron chi connectivity index (χ1n) is 4.75. The molecule has 0 amide bonds. The number of nitriles is 1. The topological polar surface area (TPSA) is 70.0 Å². The van der Waals surface area contributed by atoms with E-state index >= 15 is 0 Å². The first-order chi connectivity index (χ1) is 7.08. The molecule has 0 saturated carbocycles. The molecule has 0 spiro atoms. The molecule has 0 aromatic heterocycles. The summed E-state index contributed by atoms with van der Waals surface area (Å²) >= 11 is 3.21. The maximum atomic E-state index is 9.66. The highest BCUT2D eigenvalue weighted by molar-refractivity contribution is 9.10. The highest BCUT2D eigenvalue weighted by Gasteiger charge is 2.10. The van der Waals surface area contributed by atoms with Crippen LogP contribution in [0.4, 0.5) is 0 Å². The van der Waals surface area contributed by atoms with Gasteiger partial charge >= 0.3 is 0 Å². The summed E-state index contributed by atoms with van der Waals surface area (Å²) in [7, 11) is 0. The number of phenols is 1. The van der Waals surface area contributed by atoms with Gasteiger partial charge in [-0.25, -0.2) is 0 Å². The third-order valence-corrected chi connectivity index (χ3v) is 2.95. The number of hydrogen-bond donors (Lipinski definition) is 2. The smallest absolute Gasteiger partial charge is 0.120 e. The number of hydrogen-bond acceptors (Lipinski definition) is 3. The fourth-order valence-corrected chi connectivity index (χ4v) is 1.70. The maximum Gasteiger partial charge on any atom is 0.120 e. The number of nitrogens with two attached hydrogens (primary N) is 1. The number of nitrogens with zero attached hydrogens (tertiary/aromatic N) is 1. The summed E-state index contributed by atoms with van der Waals surface area (Å²) in [6, 6.07) is 5.29. The molecule has 1 aromatic carbocycles. The number of rotatable bonds is 3. The lowest BCUT2D eigenvalue weighted by Crippen LogP contribution is -2.21. The third kappa shape index (κ3) is 2.95. The van der Waals surface area contributed by atoms with E-state index in [-0.39, 0.29) is 11.8 Å². The molecule has 1 aromatic rings. The Kier molecular flexibility index (Phi) is 4.13. The van der Waals surface area contributed by atoms with Crippen molar-refractivity contribution in [1.29, 1.82) is 5.26 Å². The lowest BCUT2D eigenvalue weighted by molar-refractivity contribution is 0.463. The zero-order chi connectivity index (χ0) is 11.4. The zero-order valence-electron chi connectivity index (χ0n) is 8.50. The average molecular weight is 269 g/mol. The number of benzene rings is 1. The van der Waals surface area contributed by atoms with Crippen molar-refractivity contribution >= 4 is 15.9 Å². The number of halogens is 1. The Labute approximate surface area is 97.7 Å². The van der Waals surface area contributed by atoms with Crippen molar-refractivity contribution in [3.63, 3.8) is 0 Å². The Morgan fingerprint density at radius 1 is 1.60 bits per heavy atom. The highest BCUT2D eigenvalue weighted by Crippen LogP contribution is 2.27. The van der Waals surface area contributed by atoms with E-state index in [0.717, 1.165) is 12.0 Å². The molecule has 0 radical (unpaired) electrons. The molecular formula is C11H13BrN2O. The van der Waals surface area contributed by atoms with E-state index in [4.69, 9.17) is 11.0 Å². The normalized spacial score (nSPS) is 12.1. The van der Waals surface area contributed by atoms with Crippen LogP contribution in [-0.2, 0) is 6.42 Å². The lowest BCUT2D eigenvalue weighted by atomic mass is 10.0. The molecule has 0 saturated heterocycles. The summed E-state index contributed by atoms with van der Waals surface area (Å²) in [5.74, 6) is 0.185. The molecule has 1 unspecified atom stereocenters. The van der Waals surface area contributed by atoms with Crippen LogP contribution in [0.1, 0.15) is 24.5 Å². The quantitative estimate of drug-likeness (QED) is 0.884. The van der Waals surface area contributed by atoms with Crippen LogP contribution < -0.4 is 5.73 Å². The van der Waals surface area contributed by atoms with Gasteiger partial charge in [-0.3, -0.25) is 0 Å². The van der Waals surface area contributed by atoms with Gasteiger partial charge in [0.1, 0.15) is 11.8 Å². The van der Waals surface area contributed by atoms with E-state index in [9.17, 15) is 5.11 Å². The molecule has 0 aliphatic rings. The molecule has 3 nitrogen and oxygen atoms in total. The van der Waals surface area contributed by atoms with Crippen LogP contribution in [0.3, 0.4) is 0 Å². The van der Waals surface area contributed by atoms with Gasteiger partial charge in [0.05, 0.1) is 5.56 Å². The largest absolute Gasteiger partial charge is 0.508 e. The second-order valence-corrected chi connectivity index (χ2v) is 4.30. The Bertz CT molecular complexity index is 398. The van der Waals surface area contributed by atoms with Gasteiger partial charge in [-0.15, -0.1) is 0 Å². The minimum Gasteiger partial charge on any atom is -0.508 e. The molecule has 15 heavy (non-hydrogen) atoms. The van der Waals surface area contributed by atoms with Gasteiger partial charge in [-0.1, -0.05) is 6.92 Å². The Balaban J connectivity index is 3.03. The molecule has 0 aliphatic heterocycles. The van der Waals surface area contributed by atoms with Crippen LogP contribution in [0, 0.1) is 11.3 Å². The van der Waals surface area contributed by atoms with Gasteiger partial charge in [0.25, 0.3) is 0 Å². The molecule has 0 aliphatic carbocycles. The second kappa shape index (κ2) is 5.15. The molecule has 1 atom stereocenters. The highest BCUT2D eigenvalue weighted by atomic mass is 79.9. The first kappa shape index (κ1) is 12.0. The van der Waals surface area contributed by atoms with Crippen LogP contribution in [0.25, 0.3) is 0 Å². The standard InChI is InChI=1S/C11H13BrN2O/c1-2-9(14)4-7-3-8(6-13)10(12)5-11(7)15/h3,5,9,15H,2,4,14H2,1H3. The van der Waals surface area contributed by atoms with Gasteiger partial charge in [-0.05, 0) is 46.5 Å². The van der Waals surface area contributed by atoms with Crippen LogP contribution in [0.2, 0.25) is 0 Å². The van der Waals surface area contributed by atoms with E-state index in [2.05, 4.69) is 22.0 Å². The SMILES string of the molecule is CCC(N)Cc1cc(C#N)c(Br)cc1O. The van der Waals surface area contributed by atoms with Crippen molar-refractivity contribution in [2.75, 3.05) is 0 Å². The van der Waals surface area contributed by atoms with Gasteiger partial charge in [0.2, 0.25) is 0 Å². The first-order valence-corrected chi connectivity index (χ1v) is 5.54. The van der Waals surface area contributed by atoms with Crippen LogP contribution in [-0.4, -0.2) is 11.1 Å². The lowest BCUT2D eigenvalue weighted by Gasteiger charge is -2.11. The van der Waals surface area contributed by atoms with Crippen molar-refractivity contribution in [3.05, 3.63) is 27.7 Å². The Hall–Kier alpha value is -1.05. The summed E-state index contributed by atoms with van der Waals surface area (Å²) in [6.45, 7) is 1.99. The van der Waals surface area contributed by atoms with Crippen LogP contribution in [0.15, 0.2) is 16.6 Å². The predicted octanol–water partition coefficient (Wildman–Crippen LogP) is 2.31. The fourth-order valence-electron chi connectivity index (χ4n) is 1.28. The van der Waals surface area contributed by atoms with Crippen molar-refractivity contribution < 1.29 is 5.11 Å². The summed E-state index contributed by atoms with van der Waals surface area (Å²) < 4.78 is 0.608. The maximum absolute atomic E-state index is 9.66. The Morgan fingerprint density at radius 2 is 2.27 bits per heavy atom. The van der Waals surface area contributed by atoms with E-state index in [1.165, 1.54) is 6.07 Å². The molecule has 4 heteroatoms. The van der Waals surface area contributed by atoms with Crippen molar-refractivity contribution in [2.45, 2.75) is 25.8 Å². The summed E-state index contributed by atoms with van der Waals surface area (Å²) in [5, 5.41) is 18.5. The fraction of sp³-hybridized carbons (Fsp3) is 0.364. The average Bonchev–Trinajstić information content (AvgIpc) is 2.21. The molecule has 3 N–H and O–H groups in total.